The molecule has 32 heavy (non-hydrogen) atoms. The number of carbonyl (C=O) groups is 2. The number of carbonyl (C=O) groups excluding carboxylic acids is 2. The van der Waals surface area contributed by atoms with Crippen LogP contribution in [0.15, 0.2) is 54.6 Å². The molecule has 2 aromatic carbocycles. The van der Waals surface area contributed by atoms with Crippen molar-refractivity contribution >= 4 is 28.2 Å². The monoisotopic (exact) mass is 453 g/mol. The number of hydrogen-bond donors (Lipinski definition) is 1. The van der Waals surface area contributed by atoms with Gasteiger partial charge in [-0.3, -0.25) is 4.79 Å². The van der Waals surface area contributed by atoms with Gasteiger partial charge in [0, 0.05) is 16.9 Å². The predicted octanol–water partition coefficient (Wildman–Crippen LogP) is 5.71. The zero-order chi connectivity index (χ0) is 22.9. The second kappa shape index (κ2) is 11.3. The number of anilines is 1. The van der Waals surface area contributed by atoms with Gasteiger partial charge >= 0.3 is 5.97 Å². The first kappa shape index (κ1) is 23.3. The Kier molecular flexibility index (Phi) is 8.27. The Hall–Kier alpha value is -3.32. The van der Waals surface area contributed by atoms with Crippen LogP contribution in [-0.4, -0.2) is 32.2 Å². The minimum atomic E-state index is -0.439. The molecule has 0 fully saturated rings. The molecule has 7 heteroatoms. The molecule has 1 amide bonds. The summed E-state index contributed by atoms with van der Waals surface area (Å²) >= 11 is 1.38. The van der Waals surface area contributed by atoms with Gasteiger partial charge in [-0.25, -0.2) is 4.79 Å². The fraction of sp³-hybridized carbons (Fsp3) is 0.280. The van der Waals surface area contributed by atoms with Crippen LogP contribution in [0, 0.1) is 6.92 Å². The third-order valence-corrected chi connectivity index (χ3v) is 5.77. The Morgan fingerprint density at radius 1 is 1.00 bits per heavy atom. The number of methoxy groups -OCH3 is 1. The van der Waals surface area contributed by atoms with E-state index < -0.39 is 5.97 Å². The van der Waals surface area contributed by atoms with Crippen LogP contribution < -0.4 is 14.8 Å². The third-order valence-electron chi connectivity index (χ3n) is 4.75. The Labute approximate surface area is 192 Å². The molecule has 168 valence electrons. The Morgan fingerprint density at radius 2 is 1.69 bits per heavy atom. The van der Waals surface area contributed by atoms with Gasteiger partial charge in [-0.2, -0.15) is 0 Å². The minimum Gasteiger partial charge on any atom is -0.493 e. The molecule has 0 aliphatic rings. The van der Waals surface area contributed by atoms with Crippen LogP contribution in [0.25, 0.3) is 11.1 Å². The van der Waals surface area contributed by atoms with Crippen molar-refractivity contribution in [3.8, 4) is 22.6 Å². The van der Waals surface area contributed by atoms with Gasteiger partial charge in [-0.15, -0.1) is 11.3 Å². The van der Waals surface area contributed by atoms with Crippen molar-refractivity contribution in [3.63, 3.8) is 0 Å². The van der Waals surface area contributed by atoms with E-state index in [1.54, 1.807) is 14.0 Å². The summed E-state index contributed by atoms with van der Waals surface area (Å²) in [6.07, 6.45) is 0.781. The lowest BCUT2D eigenvalue weighted by Crippen LogP contribution is -2.15. The van der Waals surface area contributed by atoms with E-state index >= 15 is 0 Å². The van der Waals surface area contributed by atoms with E-state index in [1.165, 1.54) is 11.3 Å². The van der Waals surface area contributed by atoms with Crippen LogP contribution in [-0.2, 0) is 9.53 Å². The molecular weight excluding hydrogens is 426 g/mol. The molecule has 1 N–H and O–H groups in total. The maximum Gasteiger partial charge on any atom is 0.341 e. The summed E-state index contributed by atoms with van der Waals surface area (Å²) in [5.74, 6) is 0.672. The number of para-hydroxylation sites is 2. The number of thiophene rings is 1. The molecule has 3 rings (SSSR count). The van der Waals surface area contributed by atoms with Crippen LogP contribution in [0.4, 0.5) is 5.00 Å². The molecule has 0 radical (unpaired) electrons. The molecule has 0 saturated carbocycles. The van der Waals surface area contributed by atoms with E-state index in [9.17, 15) is 9.59 Å². The largest absolute Gasteiger partial charge is 0.493 e. The standard InChI is InChI=1S/C25H27NO5S/c1-4-30-25(28)23-22(18-11-6-5-7-12-18)17(2)32-24(23)26-21(27)15-10-16-31-20-14-9-8-13-19(20)29-3/h5-9,11-14H,4,10,15-16H2,1-3H3,(H,26,27). The lowest BCUT2D eigenvalue weighted by atomic mass is 10.0. The summed E-state index contributed by atoms with van der Waals surface area (Å²) in [6, 6.07) is 17.0. The van der Waals surface area contributed by atoms with Gasteiger partial charge in [0.15, 0.2) is 11.5 Å². The summed E-state index contributed by atoms with van der Waals surface area (Å²) in [6.45, 7) is 4.33. The zero-order valence-corrected chi connectivity index (χ0v) is 19.3. The maximum atomic E-state index is 12.7. The van der Waals surface area contributed by atoms with E-state index in [0.29, 0.717) is 35.1 Å². The van der Waals surface area contributed by atoms with Crippen molar-refractivity contribution < 1.29 is 23.8 Å². The topological polar surface area (TPSA) is 73.9 Å². The highest BCUT2D eigenvalue weighted by molar-refractivity contribution is 7.17. The molecule has 0 spiro atoms. The number of esters is 1. The summed E-state index contributed by atoms with van der Waals surface area (Å²) < 4.78 is 16.3. The van der Waals surface area contributed by atoms with Crippen LogP contribution in [0.5, 0.6) is 11.5 Å². The van der Waals surface area contributed by atoms with E-state index in [0.717, 1.165) is 16.0 Å². The van der Waals surface area contributed by atoms with E-state index in [4.69, 9.17) is 14.2 Å². The number of ether oxygens (including phenoxy) is 3. The highest BCUT2D eigenvalue weighted by Gasteiger charge is 2.25. The summed E-state index contributed by atoms with van der Waals surface area (Å²) in [5.41, 5.74) is 2.11. The lowest BCUT2D eigenvalue weighted by Gasteiger charge is -2.11. The lowest BCUT2D eigenvalue weighted by molar-refractivity contribution is -0.116. The van der Waals surface area contributed by atoms with Gasteiger partial charge in [-0.1, -0.05) is 42.5 Å². The molecule has 6 nitrogen and oxygen atoms in total. The van der Waals surface area contributed by atoms with Crippen LogP contribution >= 0.6 is 11.3 Å². The van der Waals surface area contributed by atoms with Gasteiger partial charge in [0.05, 0.1) is 20.3 Å². The SMILES string of the molecule is CCOC(=O)c1c(NC(=O)CCCOc2ccccc2OC)sc(C)c1-c1ccccc1. The molecule has 3 aromatic rings. The average molecular weight is 454 g/mol. The second-order valence-corrected chi connectivity index (χ2v) is 8.20. The highest BCUT2D eigenvalue weighted by Crippen LogP contribution is 2.40. The normalized spacial score (nSPS) is 10.5. The fourth-order valence-electron chi connectivity index (χ4n) is 3.33. The number of nitrogens with one attached hydrogen (secondary N) is 1. The van der Waals surface area contributed by atoms with Crippen molar-refractivity contribution in [2.45, 2.75) is 26.7 Å². The van der Waals surface area contributed by atoms with Gasteiger partial charge in [0.1, 0.15) is 10.6 Å². The minimum absolute atomic E-state index is 0.181. The van der Waals surface area contributed by atoms with E-state index in [1.807, 2.05) is 61.5 Å². The van der Waals surface area contributed by atoms with Crippen molar-refractivity contribution in [2.75, 3.05) is 25.6 Å². The number of amides is 1. The van der Waals surface area contributed by atoms with Crippen LogP contribution in [0.2, 0.25) is 0 Å². The summed E-state index contributed by atoms with van der Waals surface area (Å²) in [7, 11) is 1.59. The third kappa shape index (κ3) is 5.68. The van der Waals surface area contributed by atoms with Crippen molar-refractivity contribution in [1.82, 2.24) is 0 Å². The van der Waals surface area contributed by atoms with Crippen molar-refractivity contribution in [1.29, 1.82) is 0 Å². The Balaban J connectivity index is 1.68. The first-order chi connectivity index (χ1) is 15.5. The Bertz CT molecular complexity index is 1060. The molecule has 0 aliphatic heterocycles. The van der Waals surface area contributed by atoms with Crippen LogP contribution in [0.1, 0.15) is 35.0 Å². The molecule has 0 atom stereocenters. The zero-order valence-electron chi connectivity index (χ0n) is 18.5. The van der Waals surface area contributed by atoms with E-state index in [-0.39, 0.29) is 18.9 Å². The quantitative estimate of drug-likeness (QED) is 0.315. The molecular formula is C25H27NO5S. The van der Waals surface area contributed by atoms with Gasteiger partial charge in [0.25, 0.3) is 0 Å². The average Bonchev–Trinajstić information content (AvgIpc) is 3.13. The molecule has 1 aromatic heterocycles. The Morgan fingerprint density at radius 3 is 2.38 bits per heavy atom. The first-order valence-electron chi connectivity index (χ1n) is 10.5. The number of aryl methyl sites for hydroxylation is 1. The second-order valence-electron chi connectivity index (χ2n) is 6.97. The number of rotatable bonds is 10. The molecule has 1 heterocycles. The molecule has 0 saturated heterocycles. The fourth-order valence-corrected chi connectivity index (χ4v) is 4.41. The van der Waals surface area contributed by atoms with Gasteiger partial charge in [0.2, 0.25) is 5.91 Å². The summed E-state index contributed by atoms with van der Waals surface area (Å²) in [5, 5.41) is 3.41. The van der Waals surface area contributed by atoms with E-state index in [2.05, 4.69) is 5.32 Å². The molecule has 0 unspecified atom stereocenters. The first-order valence-corrected chi connectivity index (χ1v) is 11.3. The van der Waals surface area contributed by atoms with Crippen molar-refractivity contribution in [3.05, 3.63) is 65.0 Å². The van der Waals surface area contributed by atoms with Crippen LogP contribution in [0.3, 0.4) is 0 Å². The van der Waals surface area contributed by atoms with Gasteiger partial charge in [-0.05, 0) is 38.0 Å². The smallest absolute Gasteiger partial charge is 0.341 e. The van der Waals surface area contributed by atoms with Crippen molar-refractivity contribution in [2.24, 2.45) is 0 Å². The van der Waals surface area contributed by atoms with Gasteiger partial charge < -0.3 is 19.5 Å². The number of benzene rings is 2. The highest BCUT2D eigenvalue weighted by atomic mass is 32.1. The number of hydrogen-bond acceptors (Lipinski definition) is 6. The summed E-state index contributed by atoms with van der Waals surface area (Å²) in [4.78, 5) is 26.3. The maximum absolute atomic E-state index is 12.7. The predicted molar refractivity (Wildman–Crippen MR) is 127 cm³/mol. The molecule has 0 bridgehead atoms. The molecule has 0 aliphatic carbocycles.